The Morgan fingerprint density at radius 2 is 1.79 bits per heavy atom. The van der Waals surface area contributed by atoms with Gasteiger partial charge in [0.05, 0.1) is 16.3 Å². The van der Waals surface area contributed by atoms with Crippen molar-refractivity contribution in [2.45, 2.75) is 12.7 Å². The van der Waals surface area contributed by atoms with Crippen LogP contribution in [0.2, 0.25) is 10.0 Å². The summed E-state index contributed by atoms with van der Waals surface area (Å²) in [5, 5.41) is 5.56. The molecule has 2 N–H and O–H groups in total. The number of nitrogens with one attached hydrogen (secondary N) is 2. The van der Waals surface area contributed by atoms with Gasteiger partial charge >= 0.3 is 6.18 Å². The van der Waals surface area contributed by atoms with Crippen molar-refractivity contribution in [3.8, 4) is 0 Å². The number of carbonyl (C=O) groups is 1. The van der Waals surface area contributed by atoms with E-state index < -0.39 is 23.3 Å². The Hall–Kier alpha value is -2.84. The molecule has 0 aliphatic rings. The number of benzene rings is 2. The van der Waals surface area contributed by atoms with Gasteiger partial charge in [-0.05, 0) is 23.8 Å². The molecule has 0 saturated carbocycles. The molecule has 5 nitrogen and oxygen atoms in total. The number of hydrogen-bond donors (Lipinski definition) is 2. The van der Waals surface area contributed by atoms with E-state index in [-0.39, 0.29) is 23.2 Å². The zero-order chi connectivity index (χ0) is 21.0. The maximum Gasteiger partial charge on any atom is 0.434 e. The molecule has 0 aliphatic heterocycles. The van der Waals surface area contributed by atoms with Gasteiger partial charge < -0.3 is 10.6 Å². The minimum absolute atomic E-state index is 0.0646. The van der Waals surface area contributed by atoms with E-state index in [4.69, 9.17) is 23.2 Å². The van der Waals surface area contributed by atoms with Crippen LogP contribution in [0, 0.1) is 0 Å². The molecular weight excluding hydrogens is 428 g/mol. The largest absolute Gasteiger partial charge is 0.434 e. The van der Waals surface area contributed by atoms with Crippen LogP contribution in [0.5, 0.6) is 0 Å². The summed E-state index contributed by atoms with van der Waals surface area (Å²) < 4.78 is 40.5. The van der Waals surface area contributed by atoms with Crippen molar-refractivity contribution in [2.75, 3.05) is 5.32 Å². The predicted octanol–water partition coefficient (Wildman–Crippen LogP) is 5.48. The second-order valence-electron chi connectivity index (χ2n) is 5.87. The van der Waals surface area contributed by atoms with Gasteiger partial charge in [0.15, 0.2) is 5.69 Å². The van der Waals surface area contributed by atoms with Crippen LogP contribution in [-0.4, -0.2) is 15.9 Å². The number of aromatic nitrogens is 2. The first-order valence-electron chi connectivity index (χ1n) is 8.22. The average Bonchev–Trinajstić information content (AvgIpc) is 2.69. The first kappa shape index (κ1) is 20.9. The summed E-state index contributed by atoms with van der Waals surface area (Å²) in [6, 6.07) is 13.2. The molecule has 10 heteroatoms. The number of nitrogens with zero attached hydrogens (tertiary/aromatic N) is 2. The van der Waals surface area contributed by atoms with Crippen molar-refractivity contribution in [2.24, 2.45) is 0 Å². The summed E-state index contributed by atoms with van der Waals surface area (Å²) in [5.74, 6) is -1.31. The molecule has 0 unspecified atom stereocenters. The number of rotatable bonds is 5. The summed E-state index contributed by atoms with van der Waals surface area (Å²) in [7, 11) is 0. The molecule has 1 amide bonds. The minimum Gasteiger partial charge on any atom is -0.348 e. The molecule has 1 aromatic heterocycles. The van der Waals surface area contributed by atoms with Crippen molar-refractivity contribution in [3.05, 3.63) is 81.6 Å². The highest BCUT2D eigenvalue weighted by Crippen LogP contribution is 2.32. The fraction of sp³-hybridized carbons (Fsp3) is 0.105. The van der Waals surface area contributed by atoms with Gasteiger partial charge in [0.2, 0.25) is 5.95 Å². The molecule has 0 saturated heterocycles. The summed E-state index contributed by atoms with van der Waals surface area (Å²) in [5.41, 5.74) is -1.08. The lowest BCUT2D eigenvalue weighted by atomic mass is 10.2. The fourth-order valence-corrected chi connectivity index (χ4v) is 2.75. The quantitative estimate of drug-likeness (QED) is 0.551. The normalized spacial score (nSPS) is 11.2. The van der Waals surface area contributed by atoms with E-state index >= 15 is 0 Å². The number of carbonyl (C=O) groups excluding carboxylic acids is 1. The predicted molar refractivity (Wildman–Crippen MR) is 104 cm³/mol. The molecule has 0 fully saturated rings. The number of alkyl halides is 3. The first-order valence-corrected chi connectivity index (χ1v) is 8.98. The molecule has 1 heterocycles. The summed E-state index contributed by atoms with van der Waals surface area (Å²) in [6.07, 6.45) is -4.05. The van der Waals surface area contributed by atoms with E-state index in [0.29, 0.717) is 5.02 Å². The van der Waals surface area contributed by atoms with Crippen LogP contribution in [0.4, 0.5) is 24.8 Å². The van der Waals surface area contributed by atoms with E-state index in [9.17, 15) is 18.0 Å². The van der Waals surface area contributed by atoms with Gasteiger partial charge in [-0.2, -0.15) is 13.2 Å². The van der Waals surface area contributed by atoms with Gasteiger partial charge in [0, 0.05) is 17.8 Å². The van der Waals surface area contributed by atoms with Crippen molar-refractivity contribution in [3.63, 3.8) is 0 Å². The van der Waals surface area contributed by atoms with Gasteiger partial charge in [-0.3, -0.25) is 4.79 Å². The monoisotopic (exact) mass is 440 g/mol. The highest BCUT2D eigenvalue weighted by molar-refractivity contribution is 6.35. The van der Waals surface area contributed by atoms with Gasteiger partial charge in [-0.15, -0.1) is 0 Å². The Balaban J connectivity index is 1.86. The molecule has 3 rings (SSSR count). The SMILES string of the molecule is O=C(NCc1ccccc1)c1cnc(Nc2cc(Cl)ccc2Cl)nc1C(F)(F)F. The zero-order valence-electron chi connectivity index (χ0n) is 14.6. The lowest BCUT2D eigenvalue weighted by Crippen LogP contribution is -2.27. The Kier molecular flexibility index (Phi) is 6.24. The van der Waals surface area contributed by atoms with Gasteiger partial charge in [0.1, 0.15) is 0 Å². The molecule has 29 heavy (non-hydrogen) atoms. The van der Waals surface area contributed by atoms with Crippen LogP contribution >= 0.6 is 23.2 Å². The van der Waals surface area contributed by atoms with Gasteiger partial charge in [-0.25, -0.2) is 9.97 Å². The molecule has 2 aromatic carbocycles. The Bertz CT molecular complexity index is 1030. The van der Waals surface area contributed by atoms with Crippen molar-refractivity contribution in [1.29, 1.82) is 0 Å². The maximum atomic E-state index is 13.5. The summed E-state index contributed by atoms with van der Waals surface area (Å²) in [6.45, 7) is 0.0646. The average molecular weight is 441 g/mol. The molecule has 0 bridgehead atoms. The van der Waals surface area contributed by atoms with E-state index in [2.05, 4.69) is 20.6 Å². The van der Waals surface area contributed by atoms with Crippen molar-refractivity contribution >= 4 is 40.7 Å². The number of anilines is 2. The zero-order valence-corrected chi connectivity index (χ0v) is 16.1. The molecular formula is C19H13Cl2F3N4O. The highest BCUT2D eigenvalue weighted by atomic mass is 35.5. The second kappa shape index (κ2) is 8.67. The fourth-order valence-electron chi connectivity index (χ4n) is 2.41. The highest BCUT2D eigenvalue weighted by Gasteiger charge is 2.38. The summed E-state index contributed by atoms with van der Waals surface area (Å²) in [4.78, 5) is 19.6. The van der Waals surface area contributed by atoms with Crippen LogP contribution in [0.15, 0.2) is 54.7 Å². The smallest absolute Gasteiger partial charge is 0.348 e. The van der Waals surface area contributed by atoms with Crippen LogP contribution < -0.4 is 10.6 Å². The van der Waals surface area contributed by atoms with Gasteiger partial charge in [0.25, 0.3) is 5.91 Å². The summed E-state index contributed by atoms with van der Waals surface area (Å²) >= 11 is 11.9. The third-order valence-electron chi connectivity index (χ3n) is 3.77. The molecule has 0 aliphatic carbocycles. The van der Waals surface area contributed by atoms with Gasteiger partial charge in [-0.1, -0.05) is 53.5 Å². The third kappa shape index (κ3) is 5.36. The first-order chi connectivity index (χ1) is 13.7. The van der Waals surface area contributed by atoms with E-state index in [1.807, 2.05) is 0 Å². The van der Waals surface area contributed by atoms with Crippen LogP contribution in [0.3, 0.4) is 0 Å². The lowest BCUT2D eigenvalue weighted by Gasteiger charge is -2.14. The molecule has 150 valence electrons. The number of halogens is 5. The Morgan fingerprint density at radius 1 is 1.07 bits per heavy atom. The molecule has 3 aromatic rings. The number of amides is 1. The topological polar surface area (TPSA) is 66.9 Å². The lowest BCUT2D eigenvalue weighted by molar-refractivity contribution is -0.141. The van der Waals surface area contributed by atoms with Crippen molar-refractivity contribution < 1.29 is 18.0 Å². The van der Waals surface area contributed by atoms with Crippen LogP contribution in [-0.2, 0) is 12.7 Å². The number of hydrogen-bond acceptors (Lipinski definition) is 4. The van der Waals surface area contributed by atoms with Crippen LogP contribution in [0.25, 0.3) is 0 Å². The Morgan fingerprint density at radius 3 is 2.48 bits per heavy atom. The molecule has 0 radical (unpaired) electrons. The molecule has 0 atom stereocenters. The van der Waals surface area contributed by atoms with E-state index in [1.54, 1.807) is 30.3 Å². The van der Waals surface area contributed by atoms with E-state index in [1.165, 1.54) is 18.2 Å². The van der Waals surface area contributed by atoms with Crippen molar-refractivity contribution in [1.82, 2.24) is 15.3 Å². The third-order valence-corrected chi connectivity index (χ3v) is 4.34. The Labute approximate surface area is 173 Å². The van der Waals surface area contributed by atoms with Crippen LogP contribution in [0.1, 0.15) is 21.6 Å². The van der Waals surface area contributed by atoms with E-state index in [0.717, 1.165) is 11.8 Å². The standard InChI is InChI=1S/C19H13Cl2F3N4O/c20-12-6-7-14(21)15(8-12)27-18-26-10-13(16(28-18)19(22,23)24)17(29)25-9-11-4-2-1-3-5-11/h1-8,10H,9H2,(H,25,29)(H,26,27,28). The maximum absolute atomic E-state index is 13.5. The minimum atomic E-state index is -4.86. The molecule has 0 spiro atoms. The second-order valence-corrected chi connectivity index (χ2v) is 6.71.